The summed E-state index contributed by atoms with van der Waals surface area (Å²) in [6, 6.07) is 9.75. The van der Waals surface area contributed by atoms with Crippen molar-refractivity contribution in [1.82, 2.24) is 0 Å². The van der Waals surface area contributed by atoms with Crippen molar-refractivity contribution in [2.45, 2.75) is 82.3 Å². The van der Waals surface area contributed by atoms with Gasteiger partial charge in [0.05, 0.1) is 12.5 Å². The fourth-order valence-electron chi connectivity index (χ4n) is 5.42. The summed E-state index contributed by atoms with van der Waals surface area (Å²) >= 11 is 0. The number of rotatable bonds is 9. The molecule has 2 unspecified atom stereocenters. The lowest BCUT2D eigenvalue weighted by atomic mass is 9.91. The molecule has 3 saturated heterocycles. The first-order valence-electron chi connectivity index (χ1n) is 12.8. The van der Waals surface area contributed by atoms with E-state index >= 15 is 0 Å². The summed E-state index contributed by atoms with van der Waals surface area (Å²) in [5.41, 5.74) is 0. The average Bonchev–Trinajstić information content (AvgIpc) is 3.38. The lowest BCUT2D eigenvalue weighted by molar-refractivity contribution is -0.194. The van der Waals surface area contributed by atoms with Crippen LogP contribution in [0.5, 0.6) is 5.75 Å². The Labute approximate surface area is 201 Å². The molecule has 4 aliphatic rings. The monoisotopic (exact) mass is 472 g/mol. The van der Waals surface area contributed by atoms with Crippen LogP contribution in [-0.2, 0) is 28.5 Å². The molecule has 0 amide bonds. The first-order valence-corrected chi connectivity index (χ1v) is 12.8. The summed E-state index contributed by atoms with van der Waals surface area (Å²) in [4.78, 5) is 12.0. The average molecular weight is 473 g/mol. The number of carbonyl (C=O) groups is 1. The van der Waals surface area contributed by atoms with Crippen molar-refractivity contribution in [3.05, 3.63) is 42.5 Å². The van der Waals surface area contributed by atoms with Crippen LogP contribution in [-0.4, -0.2) is 56.7 Å². The van der Waals surface area contributed by atoms with Crippen molar-refractivity contribution >= 4 is 5.97 Å². The SMILES string of the molecule is O=C1C[C@@H]2[C@@H](C=C[C@H](COc3ccccc3)OC3CCCCO3)[C@H](OC3CCCCO3)C[C@@H]2O1. The third-order valence-corrected chi connectivity index (χ3v) is 7.19. The van der Waals surface area contributed by atoms with Crippen LogP contribution in [0.4, 0.5) is 0 Å². The number of esters is 1. The van der Waals surface area contributed by atoms with Crippen LogP contribution in [0.2, 0.25) is 0 Å². The van der Waals surface area contributed by atoms with Crippen molar-refractivity contribution < 1.29 is 33.2 Å². The molecular weight excluding hydrogens is 436 g/mol. The van der Waals surface area contributed by atoms with Gasteiger partial charge in [-0.1, -0.05) is 30.4 Å². The van der Waals surface area contributed by atoms with E-state index in [1.165, 1.54) is 0 Å². The van der Waals surface area contributed by atoms with E-state index in [-0.39, 0.29) is 48.7 Å². The Bertz CT molecular complexity index is 800. The summed E-state index contributed by atoms with van der Waals surface area (Å²) in [5, 5.41) is 0. The summed E-state index contributed by atoms with van der Waals surface area (Å²) in [6.07, 6.45) is 10.7. The fourth-order valence-corrected chi connectivity index (χ4v) is 5.42. The zero-order chi connectivity index (χ0) is 23.2. The van der Waals surface area contributed by atoms with Crippen LogP contribution in [0, 0.1) is 11.8 Å². The lowest BCUT2D eigenvalue weighted by Gasteiger charge is -2.29. The molecule has 186 valence electrons. The van der Waals surface area contributed by atoms with Crippen molar-refractivity contribution in [2.75, 3.05) is 19.8 Å². The smallest absolute Gasteiger partial charge is 0.306 e. The highest BCUT2D eigenvalue weighted by molar-refractivity contribution is 5.72. The zero-order valence-electron chi connectivity index (χ0n) is 19.7. The topological polar surface area (TPSA) is 72.5 Å². The van der Waals surface area contributed by atoms with E-state index in [0.717, 1.165) is 57.5 Å². The van der Waals surface area contributed by atoms with Crippen LogP contribution in [0.3, 0.4) is 0 Å². The van der Waals surface area contributed by atoms with E-state index in [1.807, 2.05) is 30.3 Å². The maximum atomic E-state index is 12.0. The predicted octanol–water partition coefficient (Wildman–Crippen LogP) is 4.40. The van der Waals surface area contributed by atoms with Gasteiger partial charge in [0.1, 0.15) is 24.6 Å². The van der Waals surface area contributed by atoms with Crippen LogP contribution in [0.25, 0.3) is 0 Å². The summed E-state index contributed by atoms with van der Waals surface area (Å²) < 4.78 is 35.9. The molecule has 0 radical (unpaired) electrons. The minimum Gasteiger partial charge on any atom is -0.491 e. The maximum Gasteiger partial charge on any atom is 0.306 e. The molecule has 3 heterocycles. The molecule has 1 aromatic rings. The predicted molar refractivity (Wildman–Crippen MR) is 124 cm³/mol. The molecule has 34 heavy (non-hydrogen) atoms. The van der Waals surface area contributed by atoms with Gasteiger partial charge in [-0.05, 0) is 50.7 Å². The zero-order valence-corrected chi connectivity index (χ0v) is 19.7. The highest BCUT2D eigenvalue weighted by atomic mass is 16.7. The molecule has 5 rings (SSSR count). The van der Waals surface area contributed by atoms with Gasteiger partial charge in [0.2, 0.25) is 0 Å². The molecule has 0 bridgehead atoms. The Kier molecular flexibility index (Phi) is 8.17. The van der Waals surface area contributed by atoms with Gasteiger partial charge >= 0.3 is 5.97 Å². The van der Waals surface area contributed by atoms with E-state index in [4.69, 9.17) is 28.4 Å². The van der Waals surface area contributed by atoms with Crippen LogP contribution >= 0.6 is 0 Å². The fraction of sp³-hybridized carbons (Fsp3) is 0.667. The highest BCUT2D eigenvalue weighted by Gasteiger charge is 2.50. The second-order valence-corrected chi connectivity index (χ2v) is 9.66. The van der Waals surface area contributed by atoms with Gasteiger partial charge in [0.25, 0.3) is 0 Å². The minimum absolute atomic E-state index is 0.0379. The molecule has 4 fully saturated rings. The van der Waals surface area contributed by atoms with E-state index < -0.39 is 0 Å². The van der Waals surface area contributed by atoms with Gasteiger partial charge in [0, 0.05) is 31.5 Å². The molecule has 0 aromatic heterocycles. The lowest BCUT2D eigenvalue weighted by Crippen LogP contribution is -2.32. The molecule has 0 N–H and O–H groups in total. The molecule has 3 aliphatic heterocycles. The Hall–Kier alpha value is -1.93. The molecular formula is C27H36O7. The number of hydrogen-bond acceptors (Lipinski definition) is 7. The van der Waals surface area contributed by atoms with Crippen molar-refractivity contribution in [3.8, 4) is 5.75 Å². The Morgan fingerprint density at radius 2 is 1.76 bits per heavy atom. The van der Waals surface area contributed by atoms with E-state index in [2.05, 4.69) is 12.2 Å². The Morgan fingerprint density at radius 3 is 2.50 bits per heavy atom. The maximum absolute atomic E-state index is 12.0. The first kappa shape index (κ1) is 23.8. The number of carbonyl (C=O) groups excluding carboxylic acids is 1. The normalized spacial score (nSPS) is 34.6. The molecule has 7 heteroatoms. The number of hydrogen-bond donors (Lipinski definition) is 0. The van der Waals surface area contributed by atoms with Crippen LogP contribution < -0.4 is 4.74 Å². The second kappa shape index (κ2) is 11.7. The van der Waals surface area contributed by atoms with E-state index in [9.17, 15) is 4.79 Å². The molecule has 0 spiro atoms. The minimum atomic E-state index is -0.271. The van der Waals surface area contributed by atoms with E-state index in [1.54, 1.807) is 0 Å². The van der Waals surface area contributed by atoms with Gasteiger partial charge < -0.3 is 28.4 Å². The molecule has 1 saturated carbocycles. The van der Waals surface area contributed by atoms with Crippen molar-refractivity contribution in [2.24, 2.45) is 11.8 Å². The summed E-state index contributed by atoms with van der Waals surface area (Å²) in [6.45, 7) is 1.85. The van der Waals surface area contributed by atoms with Gasteiger partial charge in [0.15, 0.2) is 12.6 Å². The van der Waals surface area contributed by atoms with Crippen LogP contribution in [0.1, 0.15) is 51.4 Å². The Morgan fingerprint density at radius 1 is 1.00 bits per heavy atom. The van der Waals surface area contributed by atoms with Gasteiger partial charge in [-0.2, -0.15) is 0 Å². The van der Waals surface area contributed by atoms with Crippen molar-refractivity contribution in [1.29, 1.82) is 0 Å². The van der Waals surface area contributed by atoms with Crippen molar-refractivity contribution in [3.63, 3.8) is 0 Å². The number of ether oxygens (including phenoxy) is 6. The highest BCUT2D eigenvalue weighted by Crippen LogP contribution is 2.44. The second-order valence-electron chi connectivity index (χ2n) is 9.66. The summed E-state index contributed by atoms with van der Waals surface area (Å²) in [7, 11) is 0. The molecule has 1 aromatic carbocycles. The van der Waals surface area contributed by atoms with Gasteiger partial charge in [-0.3, -0.25) is 4.79 Å². The quantitative estimate of drug-likeness (QED) is 0.390. The third kappa shape index (κ3) is 6.19. The first-order chi connectivity index (χ1) is 16.7. The molecule has 7 nitrogen and oxygen atoms in total. The Balaban J connectivity index is 1.27. The number of fused-ring (bicyclic) bond motifs is 1. The third-order valence-electron chi connectivity index (χ3n) is 7.19. The number of para-hydroxylation sites is 1. The summed E-state index contributed by atoms with van der Waals surface area (Å²) in [5.74, 6) is 0.882. The van der Waals surface area contributed by atoms with Gasteiger partial charge in [-0.15, -0.1) is 0 Å². The standard InChI is InChI=1S/C27H36O7/c28-25-16-22-21(23(17-24(22)33-25)34-27-11-5-7-15-30-27)13-12-20(32-26-10-4-6-14-29-26)18-31-19-8-2-1-3-9-19/h1-3,8-9,12-13,20-24,26-27H,4-7,10-11,14-18H2/t20-,21-,22-,23-,24+,26?,27?/m1/s1. The molecule has 7 atom stereocenters. The van der Waals surface area contributed by atoms with E-state index in [0.29, 0.717) is 19.4 Å². The molecule has 1 aliphatic carbocycles. The number of benzene rings is 1. The van der Waals surface area contributed by atoms with Crippen LogP contribution in [0.15, 0.2) is 42.5 Å². The van der Waals surface area contributed by atoms with Gasteiger partial charge in [-0.25, -0.2) is 0 Å². The largest absolute Gasteiger partial charge is 0.491 e.